The Hall–Kier alpha value is -0.860. The number of hydrogen-bond acceptors (Lipinski definition) is 2. The van der Waals surface area contributed by atoms with Crippen molar-refractivity contribution in [1.29, 1.82) is 0 Å². The minimum atomic E-state index is -0.501. The van der Waals surface area contributed by atoms with Gasteiger partial charge in [-0.3, -0.25) is 0 Å². The van der Waals surface area contributed by atoms with Gasteiger partial charge in [0.05, 0.1) is 12.2 Å². The summed E-state index contributed by atoms with van der Waals surface area (Å²) in [5, 5.41) is 0. The van der Waals surface area contributed by atoms with Gasteiger partial charge in [-0.2, -0.15) is 0 Å². The lowest BCUT2D eigenvalue weighted by Crippen LogP contribution is -2.38. The topological polar surface area (TPSA) is 18.5 Å². The molecular formula is C30H56O2. The fourth-order valence-electron chi connectivity index (χ4n) is 4.02. The fraction of sp³-hybridized carbons (Fsp3) is 0.800. The van der Waals surface area contributed by atoms with Crippen molar-refractivity contribution in [2.45, 2.75) is 157 Å². The summed E-state index contributed by atoms with van der Waals surface area (Å²) in [4.78, 5) is 0. The van der Waals surface area contributed by atoms with Crippen LogP contribution in [0.1, 0.15) is 139 Å². The number of allylic oxidation sites excluding steroid dienone is 6. The summed E-state index contributed by atoms with van der Waals surface area (Å²) in [7, 11) is 0. The maximum Gasteiger partial charge on any atom is 0.166 e. The highest BCUT2D eigenvalue weighted by Gasteiger charge is 2.29. The van der Waals surface area contributed by atoms with Crippen LogP contribution in [0.4, 0.5) is 0 Å². The van der Waals surface area contributed by atoms with E-state index >= 15 is 0 Å². The molecule has 188 valence electrons. The Kier molecular flexibility index (Phi) is 18.1. The largest absolute Gasteiger partial charge is 0.347 e. The fourth-order valence-corrected chi connectivity index (χ4v) is 4.02. The van der Waals surface area contributed by atoms with Crippen LogP contribution < -0.4 is 0 Å². The molecule has 0 aliphatic carbocycles. The van der Waals surface area contributed by atoms with Crippen molar-refractivity contribution in [3.05, 3.63) is 34.9 Å². The zero-order chi connectivity index (χ0) is 24.4. The second-order valence-electron chi connectivity index (χ2n) is 10.3. The normalized spacial score (nSPS) is 16.5. The van der Waals surface area contributed by atoms with Gasteiger partial charge in [0.25, 0.3) is 0 Å². The average molecular weight is 449 g/mol. The molecule has 0 radical (unpaired) electrons. The number of ether oxygens (including phenoxy) is 2. The van der Waals surface area contributed by atoms with Gasteiger partial charge in [-0.05, 0) is 93.4 Å². The molecule has 0 aromatic rings. The van der Waals surface area contributed by atoms with Crippen LogP contribution in [-0.4, -0.2) is 18.0 Å². The van der Waals surface area contributed by atoms with E-state index in [9.17, 15) is 0 Å². The minimum Gasteiger partial charge on any atom is -0.347 e. The first-order valence-corrected chi connectivity index (χ1v) is 13.4. The SMILES string of the molecule is CCCCC(C)OC(C)(CC/C=C(\C)CC/C=C(\C)CCC=C(C)C)OC(C)CCCC. The molecule has 0 spiro atoms. The highest BCUT2D eigenvalue weighted by molar-refractivity contribution is 5.05. The molecule has 0 heterocycles. The molecule has 2 unspecified atom stereocenters. The lowest BCUT2D eigenvalue weighted by Gasteiger charge is -2.35. The Morgan fingerprint density at radius 3 is 1.59 bits per heavy atom. The van der Waals surface area contributed by atoms with Crippen molar-refractivity contribution >= 4 is 0 Å². The summed E-state index contributed by atoms with van der Waals surface area (Å²) >= 11 is 0. The van der Waals surface area contributed by atoms with Crippen molar-refractivity contribution in [3.8, 4) is 0 Å². The zero-order valence-corrected chi connectivity index (χ0v) is 23.2. The lowest BCUT2D eigenvalue weighted by molar-refractivity contribution is -0.267. The van der Waals surface area contributed by atoms with Gasteiger partial charge in [-0.25, -0.2) is 0 Å². The Bertz CT molecular complexity index is 535. The molecule has 2 atom stereocenters. The van der Waals surface area contributed by atoms with Gasteiger partial charge in [0.15, 0.2) is 5.79 Å². The smallest absolute Gasteiger partial charge is 0.166 e. The van der Waals surface area contributed by atoms with Crippen LogP contribution in [0.25, 0.3) is 0 Å². The van der Waals surface area contributed by atoms with E-state index < -0.39 is 5.79 Å². The van der Waals surface area contributed by atoms with E-state index in [2.05, 4.69) is 80.5 Å². The summed E-state index contributed by atoms with van der Waals surface area (Å²) < 4.78 is 12.9. The molecule has 2 nitrogen and oxygen atoms in total. The lowest BCUT2D eigenvalue weighted by atomic mass is 10.0. The van der Waals surface area contributed by atoms with E-state index in [-0.39, 0.29) is 12.2 Å². The molecule has 0 N–H and O–H groups in total. The molecule has 0 fully saturated rings. The monoisotopic (exact) mass is 448 g/mol. The second kappa shape index (κ2) is 18.6. The van der Waals surface area contributed by atoms with Crippen molar-refractivity contribution in [2.24, 2.45) is 0 Å². The Morgan fingerprint density at radius 2 is 1.16 bits per heavy atom. The molecule has 32 heavy (non-hydrogen) atoms. The summed E-state index contributed by atoms with van der Waals surface area (Å²) in [5.41, 5.74) is 4.39. The first-order valence-electron chi connectivity index (χ1n) is 13.4. The molecule has 0 aliphatic heterocycles. The minimum absolute atomic E-state index is 0.239. The standard InChI is InChI=1S/C30H56O2/c1-10-12-22-28(7)31-30(9,32-29(8)23-13-11-2)24-16-21-27(6)20-15-19-26(5)18-14-17-25(3)4/h17,19,21,28-29H,10-16,18,20,22-24H2,1-9H3/b26-19+,27-21+. The van der Waals surface area contributed by atoms with Crippen LogP contribution in [0.3, 0.4) is 0 Å². The van der Waals surface area contributed by atoms with Crippen molar-refractivity contribution in [3.63, 3.8) is 0 Å². The molecule has 0 aliphatic rings. The summed E-state index contributed by atoms with van der Waals surface area (Å²) in [6.45, 7) is 19.9. The van der Waals surface area contributed by atoms with Crippen LogP contribution >= 0.6 is 0 Å². The van der Waals surface area contributed by atoms with Crippen LogP contribution in [0.5, 0.6) is 0 Å². The Labute approximate surface area is 201 Å². The first-order chi connectivity index (χ1) is 15.1. The number of unbranched alkanes of at least 4 members (excludes halogenated alkanes) is 2. The zero-order valence-electron chi connectivity index (χ0n) is 23.2. The average Bonchev–Trinajstić information content (AvgIpc) is 2.70. The molecule has 0 saturated heterocycles. The van der Waals surface area contributed by atoms with Gasteiger partial charge in [0.2, 0.25) is 0 Å². The first kappa shape index (κ1) is 31.1. The molecule has 0 rings (SSSR count). The van der Waals surface area contributed by atoms with Gasteiger partial charge >= 0.3 is 0 Å². The molecule has 0 amide bonds. The third-order valence-corrected chi connectivity index (χ3v) is 6.04. The van der Waals surface area contributed by atoms with Crippen LogP contribution in [0.2, 0.25) is 0 Å². The summed E-state index contributed by atoms with van der Waals surface area (Å²) in [5.74, 6) is -0.501. The van der Waals surface area contributed by atoms with E-state index in [1.165, 1.54) is 48.8 Å². The molecular weight excluding hydrogens is 392 g/mol. The van der Waals surface area contributed by atoms with Crippen molar-refractivity contribution in [1.82, 2.24) is 0 Å². The van der Waals surface area contributed by atoms with Crippen LogP contribution in [0.15, 0.2) is 34.9 Å². The molecule has 0 aromatic heterocycles. The predicted octanol–water partition coefficient (Wildman–Crippen LogP) is 10.1. The van der Waals surface area contributed by atoms with Crippen LogP contribution in [-0.2, 0) is 9.47 Å². The maximum absolute atomic E-state index is 6.47. The van der Waals surface area contributed by atoms with Gasteiger partial charge in [0.1, 0.15) is 0 Å². The molecule has 0 bridgehead atoms. The number of hydrogen-bond donors (Lipinski definition) is 0. The molecule has 2 heteroatoms. The molecule has 0 aromatic carbocycles. The quantitative estimate of drug-likeness (QED) is 0.144. The Balaban J connectivity index is 4.70. The van der Waals surface area contributed by atoms with Crippen molar-refractivity contribution < 1.29 is 9.47 Å². The van der Waals surface area contributed by atoms with E-state index in [4.69, 9.17) is 9.47 Å². The highest BCUT2D eigenvalue weighted by atomic mass is 16.7. The third kappa shape index (κ3) is 17.7. The van der Waals surface area contributed by atoms with Gasteiger partial charge < -0.3 is 9.47 Å². The highest BCUT2D eigenvalue weighted by Crippen LogP contribution is 2.27. The summed E-state index contributed by atoms with van der Waals surface area (Å²) in [6.07, 6.45) is 21.2. The van der Waals surface area contributed by atoms with Crippen molar-refractivity contribution in [2.75, 3.05) is 0 Å². The summed E-state index contributed by atoms with van der Waals surface area (Å²) in [6, 6.07) is 0. The van der Waals surface area contributed by atoms with E-state index in [1.807, 2.05) is 0 Å². The molecule has 0 saturated carbocycles. The van der Waals surface area contributed by atoms with Gasteiger partial charge in [0, 0.05) is 6.42 Å². The third-order valence-electron chi connectivity index (χ3n) is 6.04. The van der Waals surface area contributed by atoms with Gasteiger partial charge in [-0.15, -0.1) is 0 Å². The number of rotatable bonds is 19. The Morgan fingerprint density at radius 1 is 0.719 bits per heavy atom. The van der Waals surface area contributed by atoms with E-state index in [1.54, 1.807) is 0 Å². The predicted molar refractivity (Wildman–Crippen MR) is 143 cm³/mol. The van der Waals surface area contributed by atoms with E-state index in [0.717, 1.165) is 44.9 Å². The van der Waals surface area contributed by atoms with E-state index in [0.29, 0.717) is 0 Å². The van der Waals surface area contributed by atoms with Crippen LogP contribution in [0, 0.1) is 0 Å². The second-order valence-corrected chi connectivity index (χ2v) is 10.3. The maximum atomic E-state index is 6.47. The van der Waals surface area contributed by atoms with Gasteiger partial charge in [-0.1, -0.05) is 74.5 Å².